The van der Waals surface area contributed by atoms with Crippen LogP contribution < -0.4 is 4.74 Å². The summed E-state index contributed by atoms with van der Waals surface area (Å²) in [5, 5.41) is 0. The second kappa shape index (κ2) is 13.2. The van der Waals surface area contributed by atoms with Crippen molar-refractivity contribution in [1.29, 1.82) is 0 Å². The molecule has 2 aromatic rings. The number of halogens is 3. The normalized spacial score (nSPS) is 13.4. The van der Waals surface area contributed by atoms with Crippen molar-refractivity contribution in [3.05, 3.63) is 82.7 Å². The molecule has 0 saturated carbocycles. The van der Waals surface area contributed by atoms with E-state index in [9.17, 15) is 18.0 Å². The topological polar surface area (TPSA) is 26.3 Å². The molecule has 0 aliphatic heterocycles. The van der Waals surface area contributed by atoms with E-state index in [1.165, 1.54) is 81.2 Å². The number of ether oxygens (including phenoxy) is 1. The minimum atomic E-state index is -1.15. The molecule has 3 rings (SSSR count). The van der Waals surface area contributed by atoms with Gasteiger partial charge in [0.05, 0.1) is 0 Å². The highest BCUT2D eigenvalue weighted by molar-refractivity contribution is 5.92. The predicted molar refractivity (Wildman–Crippen MR) is 130 cm³/mol. The van der Waals surface area contributed by atoms with E-state index in [-0.39, 0.29) is 5.75 Å². The Morgan fingerprint density at radius 2 is 1.44 bits per heavy atom. The standard InChI is InChI=1S/C29H33F3O2/c1-2-3-4-5-6-7-8-9-10-21-11-13-22(14-12-21)23-19-26(31)28(27(32)20-23)29(33)34-25-17-15-24(30)16-18-25/h11,13,15-20H,2-10,12,14H2,1H3. The number of rotatable bonds is 12. The summed E-state index contributed by atoms with van der Waals surface area (Å²) in [5.74, 6) is -3.59. The largest absolute Gasteiger partial charge is 0.423 e. The van der Waals surface area contributed by atoms with Gasteiger partial charge in [-0.05, 0) is 73.2 Å². The highest BCUT2D eigenvalue weighted by Crippen LogP contribution is 2.31. The number of unbranched alkanes of at least 4 members (excludes halogenated alkanes) is 7. The predicted octanol–water partition coefficient (Wildman–Crippen LogP) is 8.96. The van der Waals surface area contributed by atoms with Crippen LogP contribution in [0.2, 0.25) is 0 Å². The lowest BCUT2D eigenvalue weighted by molar-refractivity contribution is 0.0724. The van der Waals surface area contributed by atoms with Crippen molar-refractivity contribution in [2.75, 3.05) is 0 Å². The van der Waals surface area contributed by atoms with Crippen LogP contribution in [0.15, 0.2) is 54.1 Å². The Bertz CT molecular complexity index is 999. The fourth-order valence-corrected chi connectivity index (χ4v) is 4.23. The van der Waals surface area contributed by atoms with Crippen LogP contribution >= 0.6 is 0 Å². The van der Waals surface area contributed by atoms with Crippen LogP contribution in [0.4, 0.5) is 13.2 Å². The molecule has 0 spiro atoms. The molecule has 182 valence electrons. The number of esters is 1. The second-order valence-electron chi connectivity index (χ2n) is 8.90. The Balaban J connectivity index is 1.55. The van der Waals surface area contributed by atoms with Gasteiger partial charge in [0.1, 0.15) is 28.8 Å². The molecule has 0 amide bonds. The van der Waals surface area contributed by atoms with Gasteiger partial charge in [0.2, 0.25) is 0 Å². The van der Waals surface area contributed by atoms with E-state index in [1.807, 2.05) is 6.08 Å². The first-order chi connectivity index (χ1) is 16.5. The van der Waals surface area contributed by atoms with Crippen LogP contribution in [0.25, 0.3) is 5.57 Å². The maximum atomic E-state index is 14.7. The number of hydrogen-bond donors (Lipinski definition) is 0. The van der Waals surface area contributed by atoms with Gasteiger partial charge < -0.3 is 4.74 Å². The van der Waals surface area contributed by atoms with Crippen molar-refractivity contribution < 1.29 is 22.7 Å². The van der Waals surface area contributed by atoms with E-state index in [1.54, 1.807) is 0 Å². The number of benzene rings is 2. The summed E-state index contributed by atoms with van der Waals surface area (Å²) in [6.07, 6.45) is 16.9. The summed E-state index contributed by atoms with van der Waals surface area (Å²) in [7, 11) is 0. The summed E-state index contributed by atoms with van der Waals surface area (Å²) in [4.78, 5) is 12.3. The molecule has 0 fully saturated rings. The Morgan fingerprint density at radius 1 is 0.824 bits per heavy atom. The van der Waals surface area contributed by atoms with Gasteiger partial charge in [0.25, 0.3) is 0 Å². The van der Waals surface area contributed by atoms with Crippen molar-refractivity contribution in [1.82, 2.24) is 0 Å². The molecular formula is C29H33F3O2. The summed E-state index contributed by atoms with van der Waals surface area (Å²) in [5.41, 5.74) is 1.89. The quantitative estimate of drug-likeness (QED) is 0.176. The molecular weight excluding hydrogens is 437 g/mol. The van der Waals surface area contributed by atoms with E-state index < -0.39 is 29.0 Å². The molecule has 2 nitrogen and oxygen atoms in total. The molecule has 0 N–H and O–H groups in total. The molecule has 5 heteroatoms. The van der Waals surface area contributed by atoms with E-state index in [4.69, 9.17) is 4.74 Å². The van der Waals surface area contributed by atoms with Crippen LogP contribution in [0.3, 0.4) is 0 Å². The number of hydrogen-bond acceptors (Lipinski definition) is 2. The summed E-state index contributed by atoms with van der Waals surface area (Å²) < 4.78 is 47.3. The lowest BCUT2D eigenvalue weighted by Gasteiger charge is -2.16. The first-order valence-electron chi connectivity index (χ1n) is 12.3. The molecule has 0 atom stereocenters. The molecule has 0 heterocycles. The highest BCUT2D eigenvalue weighted by Gasteiger charge is 2.22. The lowest BCUT2D eigenvalue weighted by atomic mass is 9.90. The van der Waals surface area contributed by atoms with Gasteiger partial charge >= 0.3 is 5.97 Å². The Labute approximate surface area is 200 Å². The van der Waals surface area contributed by atoms with E-state index in [2.05, 4.69) is 13.0 Å². The third kappa shape index (κ3) is 7.61. The van der Waals surface area contributed by atoms with Gasteiger partial charge in [-0.2, -0.15) is 0 Å². The molecule has 1 aliphatic rings. The molecule has 1 aliphatic carbocycles. The van der Waals surface area contributed by atoms with E-state index >= 15 is 0 Å². The Hall–Kier alpha value is -2.82. The van der Waals surface area contributed by atoms with Gasteiger partial charge in [-0.25, -0.2) is 18.0 Å². The van der Waals surface area contributed by atoms with E-state index in [0.29, 0.717) is 12.0 Å². The van der Waals surface area contributed by atoms with Crippen LogP contribution in [-0.2, 0) is 0 Å². The average molecular weight is 471 g/mol. The van der Waals surface area contributed by atoms with Crippen molar-refractivity contribution in [2.45, 2.75) is 77.6 Å². The van der Waals surface area contributed by atoms with Crippen LogP contribution in [0, 0.1) is 17.5 Å². The zero-order valence-corrected chi connectivity index (χ0v) is 19.8. The molecule has 0 bridgehead atoms. The second-order valence-corrected chi connectivity index (χ2v) is 8.90. The summed E-state index contributed by atoms with van der Waals surface area (Å²) in [6, 6.07) is 7.00. The van der Waals surface area contributed by atoms with Crippen molar-refractivity contribution in [2.24, 2.45) is 0 Å². The van der Waals surface area contributed by atoms with Crippen LogP contribution in [0.1, 0.15) is 93.5 Å². The smallest absolute Gasteiger partial charge is 0.349 e. The molecule has 0 aromatic heterocycles. The molecule has 0 unspecified atom stereocenters. The number of allylic oxidation sites excluding steroid dienone is 4. The molecule has 0 saturated heterocycles. The highest BCUT2D eigenvalue weighted by atomic mass is 19.1. The minimum absolute atomic E-state index is 0.0124. The lowest BCUT2D eigenvalue weighted by Crippen LogP contribution is -2.14. The van der Waals surface area contributed by atoms with E-state index in [0.717, 1.165) is 30.5 Å². The average Bonchev–Trinajstić information content (AvgIpc) is 2.82. The van der Waals surface area contributed by atoms with Gasteiger partial charge in [-0.1, -0.05) is 69.6 Å². The Morgan fingerprint density at radius 3 is 2.03 bits per heavy atom. The maximum Gasteiger partial charge on any atom is 0.349 e. The minimum Gasteiger partial charge on any atom is -0.423 e. The molecule has 34 heavy (non-hydrogen) atoms. The van der Waals surface area contributed by atoms with Gasteiger partial charge in [0, 0.05) is 0 Å². The van der Waals surface area contributed by atoms with Gasteiger partial charge in [0.15, 0.2) is 0 Å². The third-order valence-corrected chi connectivity index (χ3v) is 6.23. The molecule has 0 radical (unpaired) electrons. The van der Waals surface area contributed by atoms with Crippen molar-refractivity contribution >= 4 is 11.5 Å². The fourth-order valence-electron chi connectivity index (χ4n) is 4.23. The number of carbonyl (C=O) groups excluding carboxylic acids is 1. The fraction of sp³-hybridized carbons (Fsp3) is 0.414. The number of carbonyl (C=O) groups is 1. The SMILES string of the molecule is CCCCCCCCCCC1=CC=C(c2cc(F)c(C(=O)Oc3ccc(F)cc3)c(F)c2)CC1. The summed E-state index contributed by atoms with van der Waals surface area (Å²) in [6.45, 7) is 2.23. The molecule has 2 aromatic carbocycles. The monoisotopic (exact) mass is 470 g/mol. The van der Waals surface area contributed by atoms with Crippen LogP contribution in [-0.4, -0.2) is 5.97 Å². The third-order valence-electron chi connectivity index (χ3n) is 6.23. The van der Waals surface area contributed by atoms with Crippen LogP contribution in [0.5, 0.6) is 5.75 Å². The zero-order valence-electron chi connectivity index (χ0n) is 19.8. The summed E-state index contributed by atoms with van der Waals surface area (Å²) >= 11 is 0. The first kappa shape index (κ1) is 25.8. The van der Waals surface area contributed by atoms with Gasteiger partial charge in [-0.15, -0.1) is 0 Å². The zero-order chi connectivity index (χ0) is 24.3. The van der Waals surface area contributed by atoms with Gasteiger partial charge in [-0.3, -0.25) is 0 Å². The Kier molecular flexibility index (Phi) is 9.99. The first-order valence-corrected chi connectivity index (χ1v) is 12.3. The van der Waals surface area contributed by atoms with Crippen molar-refractivity contribution in [3.8, 4) is 5.75 Å². The van der Waals surface area contributed by atoms with Crippen molar-refractivity contribution in [3.63, 3.8) is 0 Å². The maximum absolute atomic E-state index is 14.7.